The number of nitrogens with one attached hydrogen (secondary N) is 1. The van der Waals surface area contributed by atoms with E-state index in [1.807, 2.05) is 58.8 Å². The molecule has 0 spiro atoms. The van der Waals surface area contributed by atoms with Crippen molar-refractivity contribution >= 4 is 51.3 Å². The third-order valence-electron chi connectivity index (χ3n) is 4.74. The fourth-order valence-electron chi connectivity index (χ4n) is 3.09. The summed E-state index contributed by atoms with van der Waals surface area (Å²) in [5, 5.41) is 16.1. The van der Waals surface area contributed by atoms with E-state index in [-0.39, 0.29) is 11.7 Å². The number of hydrogen-bond acceptors (Lipinski definition) is 9. The minimum absolute atomic E-state index is 0.118. The van der Waals surface area contributed by atoms with Gasteiger partial charge in [0.1, 0.15) is 16.3 Å². The highest BCUT2D eigenvalue weighted by Gasteiger charge is 2.23. The molecule has 1 N–H and O–H groups in total. The van der Waals surface area contributed by atoms with E-state index in [0.717, 1.165) is 16.3 Å². The summed E-state index contributed by atoms with van der Waals surface area (Å²) < 4.78 is 12.0. The summed E-state index contributed by atoms with van der Waals surface area (Å²) in [7, 11) is 4.78. The molecule has 1 amide bonds. The van der Waals surface area contributed by atoms with Crippen LogP contribution in [-0.2, 0) is 16.6 Å². The minimum Gasteiger partial charge on any atom is -0.497 e. The lowest BCUT2D eigenvalue weighted by Gasteiger charge is -2.08. The Morgan fingerprint density at radius 3 is 2.58 bits per heavy atom. The number of hydrogen-bond donors (Lipinski definition) is 1. The SMILES string of the molecule is COC(=O)c1c(-c2ccc(OC)cc2)csc1NC(=O)CSc1nnc(-c2cccs2)n1C. The van der Waals surface area contributed by atoms with Crippen LogP contribution in [0.15, 0.2) is 52.3 Å². The minimum atomic E-state index is -0.515. The number of amides is 1. The molecule has 3 heterocycles. The van der Waals surface area contributed by atoms with E-state index in [1.165, 1.54) is 30.2 Å². The first-order valence-electron chi connectivity index (χ1n) is 9.72. The van der Waals surface area contributed by atoms with Gasteiger partial charge in [0, 0.05) is 18.0 Å². The lowest BCUT2D eigenvalue weighted by atomic mass is 10.0. The Labute approximate surface area is 202 Å². The van der Waals surface area contributed by atoms with Crippen LogP contribution in [0, 0.1) is 0 Å². The van der Waals surface area contributed by atoms with Crippen LogP contribution in [0.2, 0.25) is 0 Å². The molecule has 4 rings (SSSR count). The highest BCUT2D eigenvalue weighted by atomic mass is 32.2. The lowest BCUT2D eigenvalue weighted by molar-refractivity contribution is -0.113. The fourth-order valence-corrected chi connectivity index (χ4v) is 5.52. The zero-order valence-corrected chi connectivity index (χ0v) is 20.5. The van der Waals surface area contributed by atoms with Crippen LogP contribution in [0.25, 0.3) is 21.8 Å². The molecule has 3 aromatic heterocycles. The first kappa shape index (κ1) is 23.0. The molecule has 0 saturated heterocycles. The van der Waals surface area contributed by atoms with Crippen LogP contribution in [0.4, 0.5) is 5.00 Å². The standard InChI is InChI=1S/C22H20N4O4S3/c1-26-19(16-5-4-10-31-16)24-25-22(26)33-12-17(27)23-20-18(21(28)30-3)15(11-32-20)13-6-8-14(29-2)9-7-13/h4-11H,12H2,1-3H3,(H,23,27). The van der Waals surface area contributed by atoms with Crippen LogP contribution < -0.4 is 10.1 Å². The number of carbonyl (C=O) groups is 2. The average molecular weight is 501 g/mol. The zero-order valence-electron chi connectivity index (χ0n) is 18.0. The Kier molecular flexibility index (Phi) is 7.11. The number of nitrogens with zero attached hydrogens (tertiary/aromatic N) is 3. The summed E-state index contributed by atoms with van der Waals surface area (Å²) in [6, 6.07) is 11.3. The summed E-state index contributed by atoms with van der Waals surface area (Å²) in [5.74, 6) is 0.814. The van der Waals surface area contributed by atoms with Gasteiger partial charge < -0.3 is 19.4 Å². The molecule has 33 heavy (non-hydrogen) atoms. The summed E-state index contributed by atoms with van der Waals surface area (Å²) in [6.45, 7) is 0. The number of aromatic nitrogens is 3. The summed E-state index contributed by atoms with van der Waals surface area (Å²) in [5.41, 5.74) is 1.83. The molecule has 8 nitrogen and oxygen atoms in total. The normalized spacial score (nSPS) is 10.8. The van der Waals surface area contributed by atoms with E-state index in [9.17, 15) is 9.59 Å². The monoisotopic (exact) mass is 500 g/mol. The molecule has 1 aromatic carbocycles. The van der Waals surface area contributed by atoms with Gasteiger partial charge in [0.2, 0.25) is 5.91 Å². The van der Waals surface area contributed by atoms with Crippen molar-refractivity contribution in [3.8, 4) is 27.6 Å². The average Bonchev–Trinajstić information content (AvgIpc) is 3.58. The molecule has 0 saturated carbocycles. The number of carbonyl (C=O) groups excluding carboxylic acids is 2. The maximum absolute atomic E-state index is 12.7. The molecule has 0 bridgehead atoms. The molecule has 4 aromatic rings. The van der Waals surface area contributed by atoms with Gasteiger partial charge in [0.15, 0.2) is 11.0 Å². The molecule has 0 aliphatic heterocycles. The quantitative estimate of drug-likeness (QED) is 0.274. The second-order valence-corrected chi connectivity index (χ2v) is 9.52. The first-order chi connectivity index (χ1) is 16.0. The Morgan fingerprint density at radius 2 is 1.91 bits per heavy atom. The highest BCUT2D eigenvalue weighted by molar-refractivity contribution is 7.99. The van der Waals surface area contributed by atoms with Crippen molar-refractivity contribution in [2.45, 2.75) is 5.16 Å². The summed E-state index contributed by atoms with van der Waals surface area (Å²) >= 11 is 4.13. The molecule has 0 aliphatic carbocycles. The molecule has 11 heteroatoms. The van der Waals surface area contributed by atoms with E-state index in [4.69, 9.17) is 9.47 Å². The van der Waals surface area contributed by atoms with E-state index >= 15 is 0 Å². The molecule has 0 aliphatic rings. The molecule has 0 atom stereocenters. The summed E-state index contributed by atoms with van der Waals surface area (Å²) in [4.78, 5) is 26.2. The second kappa shape index (κ2) is 10.2. The topological polar surface area (TPSA) is 95.3 Å². The zero-order chi connectivity index (χ0) is 23.4. The van der Waals surface area contributed by atoms with Gasteiger partial charge in [-0.2, -0.15) is 0 Å². The van der Waals surface area contributed by atoms with Gasteiger partial charge in [-0.15, -0.1) is 32.9 Å². The van der Waals surface area contributed by atoms with Crippen molar-refractivity contribution in [1.82, 2.24) is 14.8 Å². The van der Waals surface area contributed by atoms with Gasteiger partial charge in [0.05, 0.1) is 24.8 Å². The number of esters is 1. The van der Waals surface area contributed by atoms with Crippen molar-refractivity contribution in [2.24, 2.45) is 7.05 Å². The van der Waals surface area contributed by atoms with E-state index in [0.29, 0.717) is 27.0 Å². The third-order valence-corrected chi connectivity index (χ3v) is 7.52. The lowest BCUT2D eigenvalue weighted by Crippen LogP contribution is -2.16. The maximum atomic E-state index is 12.7. The van der Waals surface area contributed by atoms with Crippen LogP contribution in [0.5, 0.6) is 5.75 Å². The van der Waals surface area contributed by atoms with Crippen LogP contribution >= 0.6 is 34.4 Å². The number of methoxy groups -OCH3 is 2. The predicted octanol–water partition coefficient (Wildman–Crippen LogP) is 4.80. The molecule has 0 fully saturated rings. The fraction of sp³-hybridized carbons (Fsp3) is 0.182. The third kappa shape index (κ3) is 4.95. The molecule has 170 valence electrons. The van der Waals surface area contributed by atoms with Gasteiger partial charge in [-0.3, -0.25) is 4.79 Å². The number of rotatable bonds is 8. The van der Waals surface area contributed by atoms with E-state index in [2.05, 4.69) is 15.5 Å². The first-order valence-corrected chi connectivity index (χ1v) is 12.5. The van der Waals surface area contributed by atoms with Gasteiger partial charge >= 0.3 is 5.97 Å². The van der Waals surface area contributed by atoms with Gasteiger partial charge in [0.25, 0.3) is 0 Å². The van der Waals surface area contributed by atoms with Crippen molar-refractivity contribution < 1.29 is 19.1 Å². The van der Waals surface area contributed by atoms with E-state index in [1.54, 1.807) is 18.4 Å². The Morgan fingerprint density at radius 1 is 1.12 bits per heavy atom. The largest absolute Gasteiger partial charge is 0.497 e. The molecule has 0 unspecified atom stereocenters. The number of ether oxygens (including phenoxy) is 2. The summed E-state index contributed by atoms with van der Waals surface area (Å²) in [6.07, 6.45) is 0. The highest BCUT2D eigenvalue weighted by Crippen LogP contribution is 2.37. The van der Waals surface area contributed by atoms with Crippen molar-refractivity contribution in [3.63, 3.8) is 0 Å². The van der Waals surface area contributed by atoms with Gasteiger partial charge in [-0.25, -0.2) is 4.79 Å². The Balaban J connectivity index is 1.49. The maximum Gasteiger partial charge on any atom is 0.341 e. The Hall–Kier alpha value is -3.15. The van der Waals surface area contributed by atoms with Gasteiger partial charge in [-0.05, 0) is 29.1 Å². The second-order valence-electron chi connectivity index (χ2n) is 6.75. The van der Waals surface area contributed by atoms with Gasteiger partial charge in [-0.1, -0.05) is 30.0 Å². The number of benzene rings is 1. The number of thioether (sulfide) groups is 1. The molecular formula is C22H20N4O4S3. The van der Waals surface area contributed by atoms with Crippen LogP contribution in [0.1, 0.15) is 10.4 Å². The van der Waals surface area contributed by atoms with E-state index < -0.39 is 5.97 Å². The number of anilines is 1. The van der Waals surface area contributed by atoms with Crippen LogP contribution in [-0.4, -0.2) is 46.6 Å². The van der Waals surface area contributed by atoms with Crippen molar-refractivity contribution in [2.75, 3.05) is 25.3 Å². The number of thiophene rings is 2. The predicted molar refractivity (Wildman–Crippen MR) is 131 cm³/mol. The Bertz CT molecular complexity index is 1260. The van der Waals surface area contributed by atoms with Crippen molar-refractivity contribution in [3.05, 3.63) is 52.7 Å². The molecule has 0 radical (unpaired) electrons. The smallest absolute Gasteiger partial charge is 0.341 e. The van der Waals surface area contributed by atoms with Crippen LogP contribution in [0.3, 0.4) is 0 Å². The molecular weight excluding hydrogens is 480 g/mol. The van der Waals surface area contributed by atoms with Crippen molar-refractivity contribution in [1.29, 1.82) is 0 Å².